The van der Waals surface area contributed by atoms with E-state index in [4.69, 9.17) is 86.8 Å². The Bertz CT molecular complexity index is 591. The van der Waals surface area contributed by atoms with E-state index in [1.165, 1.54) is 0 Å². The molecular formula is CHAl2BaCl2Na4O19PS3. The molecule has 0 bridgehead atoms. The zero-order chi connectivity index (χ0) is 21.6. The Morgan fingerprint density at radius 1 is 0.606 bits per heavy atom. The summed E-state index contributed by atoms with van der Waals surface area (Å²) in [5.41, 5.74) is 0. The Hall–Kier alpha value is 6.21. The van der Waals surface area contributed by atoms with E-state index >= 15 is 0 Å². The first-order valence-corrected chi connectivity index (χ1v) is 8.86. The second-order valence-corrected chi connectivity index (χ2v) is 5.33. The molecule has 0 aromatic rings. The summed E-state index contributed by atoms with van der Waals surface area (Å²) in [6, 6.07) is 0. The van der Waals surface area contributed by atoms with Crippen LogP contribution in [0.15, 0.2) is 0 Å². The summed E-state index contributed by atoms with van der Waals surface area (Å²) in [5.74, 6) is 0. The van der Waals surface area contributed by atoms with E-state index in [0.717, 1.165) is 0 Å². The largest absolute Gasteiger partial charge is 3.00 e. The smallest absolute Gasteiger partial charge is 1.00 e. The van der Waals surface area contributed by atoms with Crippen LogP contribution in [0.2, 0.25) is 0 Å². The Morgan fingerprint density at radius 2 is 0.606 bits per heavy atom. The normalized spacial score (nSPS) is 7.79. The van der Waals surface area contributed by atoms with Crippen molar-refractivity contribution in [2.24, 2.45) is 0 Å². The number of phosphoric acid groups is 1. The fourth-order valence-electron chi connectivity index (χ4n) is 0. The number of rotatable bonds is 0. The van der Waals surface area contributed by atoms with Gasteiger partial charge in [-0.1, -0.05) is 0 Å². The van der Waals surface area contributed by atoms with Crippen molar-refractivity contribution in [3.63, 3.8) is 0 Å². The molecule has 0 unspecified atom stereocenters. The quantitative estimate of drug-likeness (QED) is 0.103. The fourth-order valence-corrected chi connectivity index (χ4v) is 0. The van der Waals surface area contributed by atoms with Crippen molar-refractivity contribution in [3.05, 3.63) is 0 Å². The average Bonchev–Trinajstić information content (AvgIpc) is 1.82. The van der Waals surface area contributed by atoms with Crippen LogP contribution in [-0.2, 0) is 35.8 Å². The molecule has 0 saturated carbocycles. The molecule has 32 heteroatoms. The van der Waals surface area contributed by atoms with Crippen molar-refractivity contribution in [2.45, 2.75) is 0 Å². The molecule has 0 fully saturated rings. The molecule has 0 aromatic heterocycles. The van der Waals surface area contributed by atoms with Crippen LogP contribution in [0.25, 0.3) is 0 Å². The van der Waals surface area contributed by atoms with E-state index in [-0.39, 0.29) is 227 Å². The molecule has 0 aliphatic heterocycles. The van der Waals surface area contributed by atoms with Crippen LogP contribution < -0.4 is 163 Å². The minimum Gasteiger partial charge on any atom is -1.00 e. The maximum atomic E-state index is 8.66. The first kappa shape index (κ1) is 90.1. The van der Waals surface area contributed by atoms with Gasteiger partial charge in [0.2, 0.25) is 0 Å². The summed E-state index contributed by atoms with van der Waals surface area (Å²) in [6.45, 7) is 0. The van der Waals surface area contributed by atoms with Gasteiger partial charge in [-0.15, -0.1) is 0 Å². The van der Waals surface area contributed by atoms with Gasteiger partial charge in [-0.05, 0) is 6.16 Å². The summed E-state index contributed by atoms with van der Waals surface area (Å²) in [5, 5.41) is 16.7. The maximum absolute atomic E-state index is 8.66. The number of carbonyl (C=O) groups is 1. The predicted molar refractivity (Wildman–Crippen MR) is 63.9 cm³/mol. The standard InChI is InChI=1S/CH2O3.2Al.Ba.2ClH.4Na.H3O4P.3H2O4S/c2-1(3)4;;;;;;;;;;4*1-5(2,3)4/h(H2,2,3,4);;;;2*1H;;;;;(H3,1,2,3,4);3*(H2,1,2,3,4)/q;2*+3;+2;;;4*+1;;;;/p-12. The molecule has 0 rings (SSSR count). The minimum absolute atomic E-state index is 0. The molecule has 0 saturated heterocycles. The van der Waals surface area contributed by atoms with E-state index in [1.54, 1.807) is 0 Å². The van der Waals surface area contributed by atoms with Crippen LogP contribution >= 0.6 is 7.82 Å². The molecular weight excluding hydrogens is 797 g/mol. The van der Waals surface area contributed by atoms with Crippen molar-refractivity contribution in [3.8, 4) is 0 Å². The van der Waals surface area contributed by atoms with E-state index in [0.29, 0.717) is 0 Å². The van der Waals surface area contributed by atoms with Crippen LogP contribution in [0, 0.1) is 0 Å². The van der Waals surface area contributed by atoms with E-state index in [9.17, 15) is 0 Å². The van der Waals surface area contributed by atoms with Crippen molar-refractivity contribution in [2.75, 3.05) is 0 Å². The van der Waals surface area contributed by atoms with E-state index < -0.39 is 45.2 Å². The SMILES string of the molecule is O=C([O-])[O-].O=P([O-])([O-])O.O=S(=O)([O-])[O-].O=S(=O)([O-])[O-].O=S(=O)([O-])[O-].[Al+3].[Al+3].[Ba+2].[Cl-].[Cl-].[Na+].[Na+].[Na+].[Na+]. The Labute approximate surface area is 351 Å². The molecule has 168 valence electrons. The molecule has 0 aromatic carbocycles. The Kier molecular flexibility index (Phi) is 131. The van der Waals surface area contributed by atoms with Crippen LogP contribution in [0.4, 0.5) is 4.79 Å². The molecule has 0 aliphatic rings. The van der Waals surface area contributed by atoms with E-state index in [1.807, 2.05) is 0 Å². The molecule has 0 heterocycles. The summed E-state index contributed by atoms with van der Waals surface area (Å²) in [6.07, 6.45) is -2.33. The van der Waals surface area contributed by atoms with Crippen LogP contribution in [0.1, 0.15) is 0 Å². The van der Waals surface area contributed by atoms with Gasteiger partial charge in [0.05, 0.1) is 7.82 Å². The van der Waals surface area contributed by atoms with Crippen LogP contribution in [0.3, 0.4) is 0 Å². The third-order valence-corrected chi connectivity index (χ3v) is 0. The zero-order valence-electron chi connectivity index (χ0n) is 16.6. The topological polar surface area (TPSA) is 387 Å². The Morgan fingerprint density at radius 3 is 0.606 bits per heavy atom. The second kappa shape index (κ2) is 48.0. The third-order valence-electron chi connectivity index (χ3n) is 0. The first-order valence-electron chi connectivity index (χ1n) is 3.36. The number of hydrogen-bond donors (Lipinski definition) is 1. The molecule has 33 heavy (non-hydrogen) atoms. The van der Waals surface area contributed by atoms with Gasteiger partial charge in [-0.25, -0.2) is 0 Å². The van der Waals surface area contributed by atoms with Gasteiger partial charge in [0, 0.05) is 31.2 Å². The van der Waals surface area contributed by atoms with Crippen LogP contribution in [-0.4, -0.2) is 147 Å². The number of hydrogen-bond acceptors (Lipinski definition) is 18. The van der Waals surface area contributed by atoms with Gasteiger partial charge in [-0.2, -0.15) is 0 Å². The van der Waals surface area contributed by atoms with Gasteiger partial charge in [0.1, 0.15) is 0 Å². The number of halogens is 2. The van der Waals surface area contributed by atoms with Gasteiger partial charge in [0.25, 0.3) is 0 Å². The monoisotopic (exact) mass is 798 g/mol. The molecule has 0 radical (unpaired) electrons. The second-order valence-electron chi connectivity index (χ2n) is 1.94. The summed E-state index contributed by atoms with van der Waals surface area (Å²) in [4.78, 5) is 32.6. The summed E-state index contributed by atoms with van der Waals surface area (Å²) >= 11 is 0. The van der Waals surface area contributed by atoms with Crippen LogP contribution in [0.5, 0.6) is 0 Å². The number of carboxylic acid groups (broad SMARTS) is 2. The molecule has 1 N–H and O–H groups in total. The maximum Gasteiger partial charge on any atom is 3.00 e. The third kappa shape index (κ3) is 1300. The fraction of sp³-hybridized carbons (Fsp3) is 0. The average molecular weight is 798 g/mol. The molecule has 0 atom stereocenters. The van der Waals surface area contributed by atoms with Crippen molar-refractivity contribution < 1.29 is 230 Å². The van der Waals surface area contributed by atoms with Gasteiger partial charge >= 0.3 is 202 Å². The van der Waals surface area contributed by atoms with E-state index in [2.05, 4.69) is 0 Å². The summed E-state index contributed by atoms with van der Waals surface area (Å²) < 4.78 is 111. The molecule has 19 nitrogen and oxygen atoms in total. The number of carbonyl (C=O) groups excluding carboxylic acids is 1. The van der Waals surface area contributed by atoms with Crippen molar-refractivity contribution >= 4 is 129 Å². The van der Waals surface area contributed by atoms with Gasteiger partial charge in [-0.3, -0.25) is 25.3 Å². The van der Waals surface area contributed by atoms with Gasteiger partial charge < -0.3 is 86.4 Å². The molecule has 0 spiro atoms. The predicted octanol–water partition coefficient (Wildman–Crippen LogP) is -27.8. The Balaban J connectivity index is -0.0000000107. The van der Waals surface area contributed by atoms with Crippen molar-refractivity contribution in [1.29, 1.82) is 0 Å². The van der Waals surface area contributed by atoms with Crippen molar-refractivity contribution in [1.82, 2.24) is 0 Å². The minimum atomic E-state index is -5.17. The molecule has 0 amide bonds. The first-order chi connectivity index (χ1) is 9.73. The zero-order valence-corrected chi connectivity index (χ0v) is 36.2. The van der Waals surface area contributed by atoms with Gasteiger partial charge in [0.15, 0.2) is 0 Å². The molecule has 0 aliphatic carbocycles. The summed E-state index contributed by atoms with van der Waals surface area (Å²) in [7, 11) is -20.6.